The zero-order chi connectivity index (χ0) is 14.9. The van der Waals surface area contributed by atoms with E-state index in [2.05, 4.69) is 30.1 Å². The van der Waals surface area contributed by atoms with Gasteiger partial charge in [0, 0.05) is 42.8 Å². The molecule has 0 aromatic carbocycles. The Morgan fingerprint density at radius 1 is 1.23 bits per heavy atom. The second kappa shape index (κ2) is 5.81. The zero-order valence-corrected chi connectivity index (χ0v) is 13.4. The first-order chi connectivity index (χ1) is 10.8. The third-order valence-electron chi connectivity index (χ3n) is 4.64. The quantitative estimate of drug-likeness (QED) is 0.857. The van der Waals surface area contributed by atoms with Crippen LogP contribution >= 0.6 is 11.3 Å². The van der Waals surface area contributed by atoms with E-state index < -0.39 is 0 Å². The molecule has 7 heteroatoms. The molecule has 2 aliphatic rings. The predicted octanol–water partition coefficient (Wildman–Crippen LogP) is 1.79. The topological polar surface area (TPSA) is 54.4 Å². The van der Waals surface area contributed by atoms with E-state index in [-0.39, 0.29) is 0 Å². The summed E-state index contributed by atoms with van der Waals surface area (Å²) >= 11 is 1.74. The van der Waals surface area contributed by atoms with Crippen LogP contribution in [0.2, 0.25) is 0 Å². The number of methoxy groups -OCH3 is 1. The molecule has 2 fully saturated rings. The van der Waals surface area contributed by atoms with Crippen LogP contribution in [0.25, 0.3) is 0 Å². The van der Waals surface area contributed by atoms with Gasteiger partial charge < -0.3 is 9.64 Å². The van der Waals surface area contributed by atoms with Gasteiger partial charge in [0.05, 0.1) is 13.7 Å². The van der Waals surface area contributed by atoms with Crippen molar-refractivity contribution in [2.45, 2.75) is 31.5 Å². The first kappa shape index (κ1) is 13.9. The smallest absolute Gasteiger partial charge is 0.218 e. The summed E-state index contributed by atoms with van der Waals surface area (Å²) in [6, 6.07) is 3.08. The predicted molar refractivity (Wildman–Crippen MR) is 85.3 cm³/mol. The lowest BCUT2D eigenvalue weighted by Gasteiger charge is -2.26. The van der Waals surface area contributed by atoms with Crippen LogP contribution in [0.3, 0.4) is 0 Å². The summed E-state index contributed by atoms with van der Waals surface area (Å²) in [5.41, 5.74) is 0. The van der Waals surface area contributed by atoms with E-state index >= 15 is 0 Å². The van der Waals surface area contributed by atoms with Crippen molar-refractivity contribution in [2.24, 2.45) is 0 Å². The molecule has 0 unspecified atom stereocenters. The molecule has 116 valence electrons. The number of rotatable bonds is 4. The lowest BCUT2D eigenvalue weighted by atomic mass is 10.1. The number of aromatic nitrogens is 3. The first-order valence-electron chi connectivity index (χ1n) is 7.60. The van der Waals surface area contributed by atoms with Crippen molar-refractivity contribution in [1.82, 2.24) is 19.9 Å². The largest absolute Gasteiger partial charge is 0.481 e. The second-order valence-corrected chi connectivity index (χ2v) is 6.70. The van der Waals surface area contributed by atoms with Crippen LogP contribution in [0.1, 0.15) is 17.8 Å². The average molecular weight is 317 g/mol. The third-order valence-corrected chi connectivity index (χ3v) is 5.41. The van der Waals surface area contributed by atoms with Crippen LogP contribution < -0.4 is 9.64 Å². The van der Waals surface area contributed by atoms with Gasteiger partial charge in [-0.2, -0.15) is 0 Å². The molecule has 0 spiro atoms. The van der Waals surface area contributed by atoms with Gasteiger partial charge in [0.2, 0.25) is 5.88 Å². The molecule has 4 rings (SSSR count). The van der Waals surface area contributed by atoms with Crippen molar-refractivity contribution >= 4 is 17.2 Å². The minimum absolute atomic E-state index is 0.541. The monoisotopic (exact) mass is 317 g/mol. The van der Waals surface area contributed by atoms with Gasteiger partial charge in [-0.25, -0.2) is 15.0 Å². The van der Waals surface area contributed by atoms with Crippen LogP contribution in [-0.2, 0) is 6.54 Å². The maximum atomic E-state index is 5.22. The van der Waals surface area contributed by atoms with Crippen molar-refractivity contribution in [1.29, 1.82) is 0 Å². The Balaban J connectivity index is 1.50. The molecule has 2 atom stereocenters. The molecular formula is C15H19N5OS. The van der Waals surface area contributed by atoms with Crippen molar-refractivity contribution in [3.63, 3.8) is 0 Å². The summed E-state index contributed by atoms with van der Waals surface area (Å²) in [5, 5.41) is 3.26. The van der Waals surface area contributed by atoms with Crippen LogP contribution in [0.5, 0.6) is 5.88 Å². The molecule has 2 aromatic rings. The molecule has 2 aliphatic heterocycles. The molecule has 0 amide bonds. The molecule has 0 bridgehead atoms. The summed E-state index contributed by atoms with van der Waals surface area (Å²) in [4.78, 5) is 17.9. The molecule has 2 aromatic heterocycles. The van der Waals surface area contributed by atoms with Gasteiger partial charge in [0.1, 0.15) is 17.2 Å². The van der Waals surface area contributed by atoms with Gasteiger partial charge in [-0.15, -0.1) is 11.3 Å². The van der Waals surface area contributed by atoms with Crippen LogP contribution in [0.15, 0.2) is 24.0 Å². The van der Waals surface area contributed by atoms with E-state index in [4.69, 9.17) is 4.74 Å². The molecule has 0 N–H and O–H groups in total. The van der Waals surface area contributed by atoms with E-state index in [0.717, 1.165) is 25.5 Å². The molecule has 0 aliphatic carbocycles. The normalized spacial score (nSPS) is 24.7. The Labute approximate surface area is 133 Å². The SMILES string of the molecule is COc1cc(N2CC[C@@H]3[C@@H]2CCN3Cc2nccs2)ncn1. The standard InChI is InChI=1S/C15H19N5OS/c1-21-14-8-13(17-10-18-14)20-6-3-11-12(20)2-5-19(11)9-15-16-4-7-22-15/h4,7-8,10-12H,2-3,5-6,9H2,1H3/t11-,12+/m1/s1. The maximum Gasteiger partial charge on any atom is 0.218 e. The highest BCUT2D eigenvalue weighted by atomic mass is 32.1. The molecule has 0 radical (unpaired) electrons. The van der Waals surface area contributed by atoms with Crippen molar-refractivity contribution in [2.75, 3.05) is 25.1 Å². The van der Waals surface area contributed by atoms with Crippen molar-refractivity contribution in [3.8, 4) is 5.88 Å². The zero-order valence-electron chi connectivity index (χ0n) is 12.6. The van der Waals surface area contributed by atoms with Gasteiger partial charge in [0.25, 0.3) is 0 Å². The summed E-state index contributed by atoms with van der Waals surface area (Å²) in [6.07, 6.45) is 5.84. The second-order valence-electron chi connectivity index (χ2n) is 5.72. The Bertz CT molecular complexity index is 635. The van der Waals surface area contributed by atoms with E-state index in [1.807, 2.05) is 12.3 Å². The maximum absolute atomic E-state index is 5.22. The molecular weight excluding hydrogens is 298 g/mol. The third kappa shape index (κ3) is 2.44. The van der Waals surface area contributed by atoms with E-state index in [0.29, 0.717) is 18.0 Å². The molecule has 0 saturated carbocycles. The lowest BCUT2D eigenvalue weighted by molar-refractivity contribution is 0.245. The highest BCUT2D eigenvalue weighted by Gasteiger charge is 2.43. The summed E-state index contributed by atoms with van der Waals surface area (Å²) in [6.45, 7) is 3.15. The average Bonchev–Trinajstić information content (AvgIpc) is 3.26. The number of likely N-dealkylation sites (tertiary alicyclic amines) is 1. The first-order valence-corrected chi connectivity index (χ1v) is 8.48. The fourth-order valence-electron chi connectivity index (χ4n) is 3.66. The molecule has 6 nitrogen and oxygen atoms in total. The van der Waals surface area contributed by atoms with E-state index in [9.17, 15) is 0 Å². The van der Waals surface area contributed by atoms with Crippen LogP contribution in [0.4, 0.5) is 5.82 Å². The number of ether oxygens (including phenoxy) is 1. The lowest BCUT2D eigenvalue weighted by Crippen LogP contribution is -2.36. The minimum atomic E-state index is 0.541. The summed E-state index contributed by atoms with van der Waals surface area (Å²) < 4.78 is 5.22. The van der Waals surface area contributed by atoms with Gasteiger partial charge in [-0.3, -0.25) is 4.90 Å². The molecule has 22 heavy (non-hydrogen) atoms. The van der Waals surface area contributed by atoms with Gasteiger partial charge >= 0.3 is 0 Å². The summed E-state index contributed by atoms with van der Waals surface area (Å²) in [5.74, 6) is 1.61. The van der Waals surface area contributed by atoms with E-state index in [1.54, 1.807) is 24.8 Å². The Morgan fingerprint density at radius 2 is 2.14 bits per heavy atom. The Kier molecular flexibility index (Phi) is 3.67. The van der Waals surface area contributed by atoms with Gasteiger partial charge in [-0.05, 0) is 12.8 Å². The molecule has 4 heterocycles. The number of anilines is 1. The molecule has 2 saturated heterocycles. The number of nitrogens with zero attached hydrogens (tertiary/aromatic N) is 5. The van der Waals surface area contributed by atoms with Gasteiger partial charge in [-0.1, -0.05) is 0 Å². The summed E-state index contributed by atoms with van der Waals surface area (Å²) in [7, 11) is 1.64. The highest BCUT2D eigenvalue weighted by Crippen LogP contribution is 2.35. The Hall–Kier alpha value is -1.73. The number of thiazole rings is 1. The van der Waals surface area contributed by atoms with Crippen LogP contribution in [-0.4, -0.2) is 52.1 Å². The van der Waals surface area contributed by atoms with Crippen molar-refractivity contribution < 1.29 is 4.74 Å². The minimum Gasteiger partial charge on any atom is -0.481 e. The number of fused-ring (bicyclic) bond motifs is 1. The van der Waals surface area contributed by atoms with Crippen LogP contribution in [0, 0.1) is 0 Å². The Morgan fingerprint density at radius 3 is 2.95 bits per heavy atom. The van der Waals surface area contributed by atoms with Gasteiger partial charge in [0.15, 0.2) is 0 Å². The number of hydrogen-bond donors (Lipinski definition) is 0. The van der Waals surface area contributed by atoms with E-state index in [1.165, 1.54) is 17.8 Å². The van der Waals surface area contributed by atoms with Crippen molar-refractivity contribution in [3.05, 3.63) is 29.0 Å². The highest BCUT2D eigenvalue weighted by molar-refractivity contribution is 7.09. The number of hydrogen-bond acceptors (Lipinski definition) is 7. The fourth-order valence-corrected chi connectivity index (χ4v) is 4.30. The fraction of sp³-hybridized carbons (Fsp3) is 0.533.